The maximum absolute atomic E-state index is 13.0. The number of nitrogens with zero attached hydrogens (tertiary/aromatic N) is 4. The van der Waals surface area contributed by atoms with Crippen LogP contribution in [0.15, 0.2) is 30.6 Å². The predicted octanol–water partition coefficient (Wildman–Crippen LogP) is 2.18. The van der Waals surface area contributed by atoms with Crippen LogP contribution in [0.2, 0.25) is 0 Å². The van der Waals surface area contributed by atoms with E-state index in [-0.39, 0.29) is 11.8 Å². The molecule has 0 unspecified atom stereocenters. The molecule has 4 rings (SSSR count). The van der Waals surface area contributed by atoms with Crippen molar-refractivity contribution in [3.63, 3.8) is 0 Å². The number of carbonyl (C=O) groups excluding carboxylic acids is 2. The number of hydrogen-bond acceptors (Lipinski definition) is 4. The molecule has 1 aromatic heterocycles. The average Bonchev–Trinajstić information content (AvgIpc) is 3.25. The Morgan fingerprint density at radius 1 is 1.22 bits per heavy atom. The van der Waals surface area contributed by atoms with Gasteiger partial charge in [-0.15, -0.1) is 0 Å². The monoisotopic (exact) mass is 367 g/mol. The van der Waals surface area contributed by atoms with Crippen molar-refractivity contribution in [2.45, 2.75) is 57.2 Å². The summed E-state index contributed by atoms with van der Waals surface area (Å²) in [5.74, 6) is 0.605. The Hall–Kier alpha value is -2.70. The molecular formula is C20H25N5O2. The summed E-state index contributed by atoms with van der Waals surface area (Å²) < 4.78 is 1.62. The van der Waals surface area contributed by atoms with Crippen LogP contribution in [0.25, 0.3) is 0 Å². The first-order valence-electron chi connectivity index (χ1n) is 9.58. The number of aromatic nitrogens is 3. The molecule has 7 nitrogen and oxygen atoms in total. The van der Waals surface area contributed by atoms with Crippen molar-refractivity contribution in [1.29, 1.82) is 0 Å². The second-order valence-corrected chi connectivity index (χ2v) is 7.62. The van der Waals surface area contributed by atoms with Gasteiger partial charge in [0.05, 0.1) is 12.1 Å². The van der Waals surface area contributed by atoms with Crippen LogP contribution in [-0.2, 0) is 24.9 Å². The predicted molar refractivity (Wildman–Crippen MR) is 99.6 cm³/mol. The summed E-state index contributed by atoms with van der Waals surface area (Å²) in [7, 11) is 1.80. The molecular weight excluding hydrogens is 342 g/mol. The third kappa shape index (κ3) is 3.46. The molecule has 0 saturated heterocycles. The summed E-state index contributed by atoms with van der Waals surface area (Å²) in [6, 6.07) is 7.77. The molecule has 27 heavy (non-hydrogen) atoms. The van der Waals surface area contributed by atoms with Gasteiger partial charge in [-0.3, -0.25) is 14.3 Å². The number of fused-ring (bicyclic) bond motifs is 1. The fourth-order valence-electron chi connectivity index (χ4n) is 4.39. The minimum absolute atomic E-state index is 0.0480. The first-order chi connectivity index (χ1) is 13.1. The van der Waals surface area contributed by atoms with E-state index in [1.807, 2.05) is 29.2 Å². The summed E-state index contributed by atoms with van der Waals surface area (Å²) in [5, 5.41) is 7.12. The van der Waals surface area contributed by atoms with Gasteiger partial charge in [-0.25, -0.2) is 4.98 Å². The van der Waals surface area contributed by atoms with Crippen LogP contribution >= 0.6 is 0 Å². The van der Waals surface area contributed by atoms with Crippen molar-refractivity contribution in [3.05, 3.63) is 47.5 Å². The van der Waals surface area contributed by atoms with Crippen LogP contribution in [0.5, 0.6) is 0 Å². The molecule has 0 atom stereocenters. The van der Waals surface area contributed by atoms with Gasteiger partial charge in [0.1, 0.15) is 6.33 Å². The van der Waals surface area contributed by atoms with Crippen LogP contribution in [0, 0.1) is 0 Å². The van der Waals surface area contributed by atoms with Crippen LogP contribution in [0.3, 0.4) is 0 Å². The van der Waals surface area contributed by atoms with Crippen molar-refractivity contribution < 1.29 is 9.59 Å². The Balaban J connectivity index is 1.49. The van der Waals surface area contributed by atoms with Crippen molar-refractivity contribution >= 4 is 11.8 Å². The topological polar surface area (TPSA) is 80.1 Å². The smallest absolute Gasteiger partial charge is 0.254 e. The molecule has 2 amide bonds. The lowest BCUT2D eigenvalue weighted by atomic mass is 9.77. The Morgan fingerprint density at radius 3 is 2.70 bits per heavy atom. The fourth-order valence-corrected chi connectivity index (χ4v) is 4.39. The summed E-state index contributed by atoms with van der Waals surface area (Å²) in [5.41, 5.74) is 1.45. The lowest BCUT2D eigenvalue weighted by molar-refractivity contribution is -0.124. The quantitative estimate of drug-likeness (QED) is 0.878. The molecule has 142 valence electrons. The second kappa shape index (κ2) is 7.13. The van der Waals surface area contributed by atoms with Crippen molar-refractivity contribution in [3.8, 4) is 0 Å². The molecule has 0 bridgehead atoms. The zero-order chi connectivity index (χ0) is 18.9. The van der Waals surface area contributed by atoms with Crippen molar-refractivity contribution in [1.82, 2.24) is 25.0 Å². The van der Waals surface area contributed by atoms with E-state index in [0.29, 0.717) is 25.3 Å². The average molecular weight is 367 g/mol. The Bertz CT molecular complexity index is 854. The number of benzene rings is 1. The maximum atomic E-state index is 13.0. The number of carbonyl (C=O) groups is 2. The van der Waals surface area contributed by atoms with Gasteiger partial charge in [0.15, 0.2) is 5.82 Å². The van der Waals surface area contributed by atoms with Gasteiger partial charge in [0.25, 0.3) is 5.91 Å². The second-order valence-electron chi connectivity index (χ2n) is 7.62. The van der Waals surface area contributed by atoms with Gasteiger partial charge in [0.2, 0.25) is 5.91 Å². The van der Waals surface area contributed by atoms with E-state index in [1.165, 1.54) is 0 Å². The van der Waals surface area contributed by atoms with E-state index in [4.69, 9.17) is 0 Å². The first-order valence-corrected chi connectivity index (χ1v) is 9.58. The number of aryl methyl sites for hydroxylation is 1. The molecule has 1 aromatic carbocycles. The number of rotatable bonds is 5. The van der Waals surface area contributed by atoms with E-state index in [1.54, 1.807) is 18.1 Å². The Morgan fingerprint density at radius 2 is 2.00 bits per heavy atom. The highest BCUT2D eigenvalue weighted by atomic mass is 16.2. The molecule has 2 aromatic rings. The summed E-state index contributed by atoms with van der Waals surface area (Å²) in [6.45, 7) is 0.911. The minimum atomic E-state index is -0.393. The van der Waals surface area contributed by atoms with E-state index in [0.717, 1.165) is 43.2 Å². The fraction of sp³-hybridized carbons (Fsp3) is 0.500. The van der Waals surface area contributed by atoms with E-state index < -0.39 is 5.54 Å². The first kappa shape index (κ1) is 17.7. The highest BCUT2D eigenvalue weighted by molar-refractivity contribution is 5.99. The van der Waals surface area contributed by atoms with E-state index in [2.05, 4.69) is 15.4 Å². The van der Waals surface area contributed by atoms with Crippen LogP contribution < -0.4 is 5.32 Å². The van der Waals surface area contributed by atoms with E-state index >= 15 is 0 Å². The SMILES string of the molecule is Cn1cnc(CNC(=O)CC2(N3Cc4ccccc4C3=O)CCCCC2)n1. The third-order valence-electron chi connectivity index (χ3n) is 5.76. The molecule has 1 fully saturated rings. The third-order valence-corrected chi connectivity index (χ3v) is 5.76. The maximum Gasteiger partial charge on any atom is 0.254 e. The molecule has 1 N–H and O–H groups in total. The highest BCUT2D eigenvalue weighted by Gasteiger charge is 2.45. The minimum Gasteiger partial charge on any atom is -0.349 e. The standard InChI is InChI=1S/C20H25N5O2/c1-24-14-22-17(23-24)12-21-18(26)11-20(9-5-2-6-10-20)25-13-15-7-3-4-8-16(15)19(25)27/h3-4,7-8,14H,2,5-6,9-13H2,1H3,(H,21,26). The van der Waals surface area contributed by atoms with Crippen molar-refractivity contribution in [2.75, 3.05) is 0 Å². The molecule has 2 heterocycles. The molecule has 2 aliphatic rings. The molecule has 1 saturated carbocycles. The summed E-state index contributed by atoms with van der Waals surface area (Å²) >= 11 is 0. The van der Waals surface area contributed by atoms with Gasteiger partial charge >= 0.3 is 0 Å². The molecule has 7 heteroatoms. The van der Waals surface area contributed by atoms with Crippen LogP contribution in [0.4, 0.5) is 0 Å². The summed E-state index contributed by atoms with van der Waals surface area (Å²) in [4.78, 5) is 31.9. The molecule has 1 aliphatic carbocycles. The molecule has 0 spiro atoms. The Labute approximate surface area is 158 Å². The normalized spacial score (nSPS) is 18.4. The lowest BCUT2D eigenvalue weighted by Gasteiger charge is -2.44. The number of amides is 2. The molecule has 0 radical (unpaired) electrons. The van der Waals surface area contributed by atoms with Gasteiger partial charge < -0.3 is 10.2 Å². The lowest BCUT2D eigenvalue weighted by Crippen LogP contribution is -2.52. The van der Waals surface area contributed by atoms with Crippen molar-refractivity contribution in [2.24, 2.45) is 7.05 Å². The van der Waals surface area contributed by atoms with Gasteiger partial charge in [-0.05, 0) is 24.5 Å². The number of hydrogen-bond donors (Lipinski definition) is 1. The zero-order valence-electron chi connectivity index (χ0n) is 15.6. The van der Waals surface area contributed by atoms with E-state index in [9.17, 15) is 9.59 Å². The van der Waals surface area contributed by atoms with Crippen LogP contribution in [0.1, 0.15) is 60.3 Å². The van der Waals surface area contributed by atoms with Gasteiger partial charge in [-0.2, -0.15) is 5.10 Å². The zero-order valence-corrected chi connectivity index (χ0v) is 15.6. The largest absolute Gasteiger partial charge is 0.349 e. The molecule has 1 aliphatic heterocycles. The Kier molecular flexibility index (Phi) is 4.68. The highest BCUT2D eigenvalue weighted by Crippen LogP contribution is 2.41. The van der Waals surface area contributed by atoms with Crippen LogP contribution in [-0.4, -0.2) is 37.0 Å². The summed E-state index contributed by atoms with van der Waals surface area (Å²) in [6.07, 6.45) is 6.97. The van der Waals surface area contributed by atoms with Gasteiger partial charge in [-0.1, -0.05) is 37.5 Å². The van der Waals surface area contributed by atoms with Gasteiger partial charge in [0, 0.05) is 25.6 Å². The number of nitrogens with one attached hydrogen (secondary N) is 1.